The summed E-state index contributed by atoms with van der Waals surface area (Å²) in [6.45, 7) is 3.28. The standard InChI is InChI=1S/C12H20N4O/c1-16(8-10-4-3-5-13-7-10)11-6-12(17-2)15-9-14-11/h6,9-10,13H,3-5,7-8H2,1-2H3. The number of hydrogen-bond acceptors (Lipinski definition) is 5. The summed E-state index contributed by atoms with van der Waals surface area (Å²) in [5.74, 6) is 2.24. The van der Waals surface area contributed by atoms with E-state index in [0.29, 0.717) is 11.8 Å². The first-order chi connectivity index (χ1) is 8.29. The molecule has 1 saturated heterocycles. The largest absolute Gasteiger partial charge is 0.481 e. The maximum atomic E-state index is 5.10. The molecule has 1 atom stereocenters. The van der Waals surface area contributed by atoms with Crippen molar-refractivity contribution < 1.29 is 4.74 Å². The predicted octanol–water partition coefficient (Wildman–Crippen LogP) is 0.921. The van der Waals surface area contributed by atoms with Crippen LogP contribution in [0.2, 0.25) is 0 Å². The van der Waals surface area contributed by atoms with Gasteiger partial charge in [-0.1, -0.05) is 0 Å². The molecule has 5 nitrogen and oxygen atoms in total. The van der Waals surface area contributed by atoms with E-state index in [-0.39, 0.29) is 0 Å². The molecular formula is C12H20N4O. The Morgan fingerprint density at radius 2 is 2.41 bits per heavy atom. The molecule has 1 fully saturated rings. The van der Waals surface area contributed by atoms with Crippen LogP contribution in [0.3, 0.4) is 0 Å². The highest BCUT2D eigenvalue weighted by Gasteiger charge is 2.16. The van der Waals surface area contributed by atoms with Gasteiger partial charge in [0, 0.05) is 19.7 Å². The Morgan fingerprint density at radius 1 is 1.53 bits per heavy atom. The summed E-state index contributed by atoms with van der Waals surface area (Å²) in [6.07, 6.45) is 4.11. The van der Waals surface area contributed by atoms with Crippen molar-refractivity contribution in [3.63, 3.8) is 0 Å². The molecule has 1 aromatic heterocycles. The van der Waals surface area contributed by atoms with Gasteiger partial charge in [-0.15, -0.1) is 0 Å². The van der Waals surface area contributed by atoms with Crippen LogP contribution in [0.25, 0.3) is 0 Å². The minimum atomic E-state index is 0.614. The highest BCUT2D eigenvalue weighted by Crippen LogP contribution is 2.17. The van der Waals surface area contributed by atoms with E-state index in [9.17, 15) is 0 Å². The summed E-state index contributed by atoms with van der Waals surface area (Å²) < 4.78 is 5.10. The van der Waals surface area contributed by atoms with E-state index >= 15 is 0 Å². The van der Waals surface area contributed by atoms with E-state index in [1.807, 2.05) is 6.07 Å². The van der Waals surface area contributed by atoms with Gasteiger partial charge in [-0.2, -0.15) is 0 Å². The lowest BCUT2D eigenvalue weighted by Crippen LogP contribution is -2.37. The minimum Gasteiger partial charge on any atom is -0.481 e. The second-order valence-corrected chi connectivity index (χ2v) is 4.51. The van der Waals surface area contributed by atoms with E-state index in [1.165, 1.54) is 12.8 Å². The van der Waals surface area contributed by atoms with Crippen molar-refractivity contribution in [1.82, 2.24) is 15.3 Å². The van der Waals surface area contributed by atoms with Gasteiger partial charge in [-0.3, -0.25) is 0 Å². The van der Waals surface area contributed by atoms with E-state index in [4.69, 9.17) is 4.74 Å². The van der Waals surface area contributed by atoms with Gasteiger partial charge in [-0.05, 0) is 31.8 Å². The maximum Gasteiger partial charge on any atom is 0.218 e. The van der Waals surface area contributed by atoms with Gasteiger partial charge < -0.3 is 15.0 Å². The Hall–Kier alpha value is -1.36. The van der Waals surface area contributed by atoms with Crippen molar-refractivity contribution >= 4 is 5.82 Å². The fourth-order valence-electron chi connectivity index (χ4n) is 2.21. The molecule has 2 rings (SSSR count). The number of anilines is 1. The number of nitrogens with one attached hydrogen (secondary N) is 1. The van der Waals surface area contributed by atoms with E-state index in [0.717, 1.165) is 25.5 Å². The van der Waals surface area contributed by atoms with Gasteiger partial charge in [0.2, 0.25) is 5.88 Å². The summed E-state index contributed by atoms with van der Waals surface area (Å²) in [6, 6.07) is 1.87. The zero-order valence-electron chi connectivity index (χ0n) is 10.5. The van der Waals surface area contributed by atoms with Crippen molar-refractivity contribution in [1.29, 1.82) is 0 Å². The van der Waals surface area contributed by atoms with Crippen LogP contribution in [-0.2, 0) is 0 Å². The van der Waals surface area contributed by atoms with Crippen molar-refractivity contribution in [3.05, 3.63) is 12.4 Å². The number of nitrogens with zero attached hydrogens (tertiary/aromatic N) is 3. The number of methoxy groups -OCH3 is 1. The second kappa shape index (κ2) is 5.82. The second-order valence-electron chi connectivity index (χ2n) is 4.51. The quantitative estimate of drug-likeness (QED) is 0.842. The Morgan fingerprint density at radius 3 is 3.12 bits per heavy atom. The number of hydrogen-bond donors (Lipinski definition) is 1. The number of piperidine rings is 1. The zero-order chi connectivity index (χ0) is 12.1. The van der Waals surface area contributed by atoms with Gasteiger partial charge in [-0.25, -0.2) is 9.97 Å². The lowest BCUT2D eigenvalue weighted by atomic mass is 9.99. The molecular weight excluding hydrogens is 216 g/mol. The van der Waals surface area contributed by atoms with Crippen LogP contribution in [0.5, 0.6) is 5.88 Å². The van der Waals surface area contributed by atoms with Gasteiger partial charge in [0.1, 0.15) is 12.1 Å². The number of ether oxygens (including phenoxy) is 1. The zero-order valence-corrected chi connectivity index (χ0v) is 10.5. The third-order valence-electron chi connectivity index (χ3n) is 3.16. The Labute approximate surface area is 102 Å². The van der Waals surface area contributed by atoms with Crippen molar-refractivity contribution in [2.24, 2.45) is 5.92 Å². The fraction of sp³-hybridized carbons (Fsp3) is 0.667. The average molecular weight is 236 g/mol. The summed E-state index contributed by atoms with van der Waals surface area (Å²) >= 11 is 0. The Balaban J connectivity index is 1.95. The average Bonchev–Trinajstić information content (AvgIpc) is 2.40. The lowest BCUT2D eigenvalue weighted by molar-refractivity contribution is 0.379. The topological polar surface area (TPSA) is 50.3 Å². The third kappa shape index (κ3) is 3.30. The summed E-state index contributed by atoms with van der Waals surface area (Å²) in [5.41, 5.74) is 0. The molecule has 1 aliphatic heterocycles. The van der Waals surface area contributed by atoms with Gasteiger partial charge in [0.15, 0.2) is 0 Å². The predicted molar refractivity (Wildman–Crippen MR) is 67.4 cm³/mol. The molecule has 94 valence electrons. The Bertz CT molecular complexity index is 352. The van der Waals surface area contributed by atoms with Crippen LogP contribution in [0.15, 0.2) is 12.4 Å². The SMILES string of the molecule is COc1cc(N(C)CC2CCCNC2)ncn1. The monoisotopic (exact) mass is 236 g/mol. The first-order valence-electron chi connectivity index (χ1n) is 6.07. The number of rotatable bonds is 4. The molecule has 0 bridgehead atoms. The van der Waals surface area contributed by atoms with E-state index in [1.54, 1.807) is 13.4 Å². The maximum absolute atomic E-state index is 5.10. The molecule has 1 N–H and O–H groups in total. The first kappa shape index (κ1) is 12.1. The summed E-state index contributed by atoms with van der Waals surface area (Å²) in [7, 11) is 3.69. The van der Waals surface area contributed by atoms with Crippen molar-refractivity contribution in [2.45, 2.75) is 12.8 Å². The fourth-order valence-corrected chi connectivity index (χ4v) is 2.21. The Kier molecular flexibility index (Phi) is 4.14. The van der Waals surface area contributed by atoms with E-state index < -0.39 is 0 Å². The van der Waals surface area contributed by atoms with Crippen molar-refractivity contribution in [3.8, 4) is 5.88 Å². The normalized spacial score (nSPS) is 20.0. The number of aromatic nitrogens is 2. The molecule has 0 aromatic carbocycles. The van der Waals surface area contributed by atoms with Crippen LogP contribution in [-0.4, -0.2) is 43.8 Å². The molecule has 1 aliphatic rings. The lowest BCUT2D eigenvalue weighted by Gasteiger charge is -2.28. The highest BCUT2D eigenvalue weighted by atomic mass is 16.5. The summed E-state index contributed by atoms with van der Waals surface area (Å²) in [4.78, 5) is 10.5. The molecule has 0 aliphatic carbocycles. The minimum absolute atomic E-state index is 0.614. The molecule has 0 radical (unpaired) electrons. The van der Waals surface area contributed by atoms with Crippen LogP contribution in [0.1, 0.15) is 12.8 Å². The molecule has 2 heterocycles. The van der Waals surface area contributed by atoms with Gasteiger partial charge >= 0.3 is 0 Å². The smallest absolute Gasteiger partial charge is 0.218 e. The molecule has 0 saturated carbocycles. The molecule has 1 unspecified atom stereocenters. The summed E-state index contributed by atoms with van der Waals surface area (Å²) in [5, 5.41) is 3.43. The van der Waals surface area contributed by atoms with Crippen LogP contribution < -0.4 is 15.0 Å². The van der Waals surface area contributed by atoms with Crippen LogP contribution in [0, 0.1) is 5.92 Å². The molecule has 0 spiro atoms. The molecule has 17 heavy (non-hydrogen) atoms. The molecule has 5 heteroatoms. The van der Waals surface area contributed by atoms with Crippen molar-refractivity contribution in [2.75, 3.05) is 38.7 Å². The highest BCUT2D eigenvalue weighted by molar-refractivity contribution is 5.39. The van der Waals surface area contributed by atoms with Gasteiger partial charge in [0.05, 0.1) is 7.11 Å². The van der Waals surface area contributed by atoms with Crippen LogP contribution in [0.4, 0.5) is 5.82 Å². The molecule has 1 aromatic rings. The third-order valence-corrected chi connectivity index (χ3v) is 3.16. The van der Waals surface area contributed by atoms with Crippen LogP contribution >= 0.6 is 0 Å². The van der Waals surface area contributed by atoms with Gasteiger partial charge in [0.25, 0.3) is 0 Å². The first-order valence-corrected chi connectivity index (χ1v) is 6.07. The molecule has 0 amide bonds. The van der Waals surface area contributed by atoms with E-state index in [2.05, 4.69) is 27.2 Å².